The molecule has 4 heteroatoms. The Morgan fingerprint density at radius 3 is 2.65 bits per heavy atom. The SMILES string of the molecule is Cc1ccc(C)c(C(=O)Nc2cc(C)[nH]n2)c1. The van der Waals surface area contributed by atoms with E-state index in [-0.39, 0.29) is 5.91 Å². The average molecular weight is 229 g/mol. The van der Waals surface area contributed by atoms with Gasteiger partial charge in [-0.15, -0.1) is 0 Å². The Bertz CT molecular complexity index is 558. The summed E-state index contributed by atoms with van der Waals surface area (Å²) in [6.07, 6.45) is 0. The van der Waals surface area contributed by atoms with E-state index in [1.165, 1.54) is 0 Å². The molecule has 4 nitrogen and oxygen atoms in total. The maximum Gasteiger partial charge on any atom is 0.257 e. The Balaban J connectivity index is 2.22. The van der Waals surface area contributed by atoms with Crippen molar-refractivity contribution in [2.24, 2.45) is 0 Å². The van der Waals surface area contributed by atoms with Crippen LogP contribution in [0, 0.1) is 20.8 Å². The van der Waals surface area contributed by atoms with Gasteiger partial charge in [0.15, 0.2) is 5.82 Å². The highest BCUT2D eigenvalue weighted by atomic mass is 16.1. The van der Waals surface area contributed by atoms with Crippen LogP contribution >= 0.6 is 0 Å². The van der Waals surface area contributed by atoms with Crippen molar-refractivity contribution in [2.45, 2.75) is 20.8 Å². The summed E-state index contributed by atoms with van der Waals surface area (Å²) in [4.78, 5) is 12.0. The van der Waals surface area contributed by atoms with Gasteiger partial charge in [-0.3, -0.25) is 9.89 Å². The number of aromatic amines is 1. The number of H-pyrrole nitrogens is 1. The zero-order valence-corrected chi connectivity index (χ0v) is 10.2. The number of anilines is 1. The molecule has 0 saturated carbocycles. The lowest BCUT2D eigenvalue weighted by atomic mass is 10.1. The molecule has 0 fully saturated rings. The zero-order valence-electron chi connectivity index (χ0n) is 10.2. The third-order valence-electron chi connectivity index (χ3n) is 2.59. The molecular formula is C13H15N3O. The second kappa shape index (κ2) is 4.41. The van der Waals surface area contributed by atoms with E-state index in [1.807, 2.05) is 39.0 Å². The van der Waals surface area contributed by atoms with Crippen LogP contribution in [-0.4, -0.2) is 16.1 Å². The van der Waals surface area contributed by atoms with Gasteiger partial charge in [-0.2, -0.15) is 5.10 Å². The van der Waals surface area contributed by atoms with Gasteiger partial charge in [0.2, 0.25) is 0 Å². The molecule has 88 valence electrons. The number of carbonyl (C=O) groups excluding carboxylic acids is 1. The van der Waals surface area contributed by atoms with E-state index >= 15 is 0 Å². The number of amides is 1. The normalized spacial score (nSPS) is 10.3. The summed E-state index contributed by atoms with van der Waals surface area (Å²) in [7, 11) is 0. The van der Waals surface area contributed by atoms with Gasteiger partial charge in [-0.1, -0.05) is 17.7 Å². The van der Waals surface area contributed by atoms with Crippen molar-refractivity contribution in [3.63, 3.8) is 0 Å². The summed E-state index contributed by atoms with van der Waals surface area (Å²) in [5.41, 5.74) is 3.63. The molecule has 2 aromatic rings. The number of benzene rings is 1. The van der Waals surface area contributed by atoms with Crippen LogP contribution in [0.15, 0.2) is 24.3 Å². The van der Waals surface area contributed by atoms with Crippen LogP contribution in [0.5, 0.6) is 0 Å². The van der Waals surface area contributed by atoms with Gasteiger partial charge in [0, 0.05) is 17.3 Å². The van der Waals surface area contributed by atoms with Gasteiger partial charge in [-0.05, 0) is 32.4 Å². The third kappa shape index (κ3) is 2.53. The number of hydrogen-bond acceptors (Lipinski definition) is 2. The fourth-order valence-electron chi connectivity index (χ4n) is 1.65. The van der Waals surface area contributed by atoms with Crippen LogP contribution in [-0.2, 0) is 0 Å². The molecule has 0 spiro atoms. The van der Waals surface area contributed by atoms with E-state index in [4.69, 9.17) is 0 Å². The van der Waals surface area contributed by atoms with Crippen LogP contribution in [0.25, 0.3) is 0 Å². The molecule has 0 bridgehead atoms. The second-order valence-corrected chi connectivity index (χ2v) is 4.21. The van der Waals surface area contributed by atoms with Crippen molar-refractivity contribution in [1.29, 1.82) is 0 Å². The number of hydrogen-bond donors (Lipinski definition) is 2. The lowest BCUT2D eigenvalue weighted by molar-refractivity contribution is 0.102. The molecule has 0 unspecified atom stereocenters. The highest BCUT2D eigenvalue weighted by molar-refractivity contribution is 6.04. The van der Waals surface area contributed by atoms with E-state index in [1.54, 1.807) is 6.07 Å². The molecule has 1 aromatic heterocycles. The Labute approximate surface area is 100 Å². The van der Waals surface area contributed by atoms with Crippen LogP contribution in [0.3, 0.4) is 0 Å². The molecule has 2 rings (SSSR count). The highest BCUT2D eigenvalue weighted by Gasteiger charge is 2.10. The molecule has 1 amide bonds. The number of carbonyl (C=O) groups is 1. The standard InChI is InChI=1S/C13H15N3O/c1-8-4-5-9(2)11(6-8)13(17)14-12-7-10(3)15-16-12/h4-7H,1-3H3,(H2,14,15,16,17). The number of aromatic nitrogens is 2. The van der Waals surface area contributed by atoms with E-state index in [9.17, 15) is 4.79 Å². The predicted molar refractivity (Wildman–Crippen MR) is 67.2 cm³/mol. The summed E-state index contributed by atoms with van der Waals surface area (Å²) < 4.78 is 0. The first-order valence-corrected chi connectivity index (χ1v) is 5.47. The molecule has 2 N–H and O–H groups in total. The summed E-state index contributed by atoms with van der Waals surface area (Å²) >= 11 is 0. The Kier molecular flexibility index (Phi) is 2.95. The first kappa shape index (κ1) is 11.4. The molecule has 0 radical (unpaired) electrons. The minimum absolute atomic E-state index is 0.127. The average Bonchev–Trinajstić information content (AvgIpc) is 2.67. The third-order valence-corrected chi connectivity index (χ3v) is 2.59. The number of rotatable bonds is 2. The molecule has 1 aromatic carbocycles. The van der Waals surface area contributed by atoms with E-state index < -0.39 is 0 Å². The quantitative estimate of drug-likeness (QED) is 0.831. The van der Waals surface area contributed by atoms with E-state index in [2.05, 4.69) is 15.5 Å². The molecule has 1 heterocycles. The summed E-state index contributed by atoms with van der Waals surface area (Å²) in [5.74, 6) is 0.422. The first-order valence-electron chi connectivity index (χ1n) is 5.47. The van der Waals surface area contributed by atoms with Crippen molar-refractivity contribution in [2.75, 3.05) is 5.32 Å². The minimum atomic E-state index is -0.127. The maximum absolute atomic E-state index is 12.0. The van der Waals surface area contributed by atoms with Crippen molar-refractivity contribution >= 4 is 11.7 Å². The predicted octanol–water partition coefficient (Wildman–Crippen LogP) is 2.59. The lowest BCUT2D eigenvalue weighted by Gasteiger charge is -2.06. The molecular weight excluding hydrogens is 214 g/mol. The summed E-state index contributed by atoms with van der Waals surface area (Å²) in [6.45, 7) is 5.78. The second-order valence-electron chi connectivity index (χ2n) is 4.21. The van der Waals surface area contributed by atoms with E-state index in [0.29, 0.717) is 11.4 Å². The monoisotopic (exact) mass is 229 g/mol. The van der Waals surface area contributed by atoms with Gasteiger partial charge in [0.1, 0.15) is 0 Å². The van der Waals surface area contributed by atoms with Gasteiger partial charge in [0.05, 0.1) is 0 Å². The smallest absolute Gasteiger partial charge is 0.257 e. The summed E-state index contributed by atoms with van der Waals surface area (Å²) in [5, 5.41) is 9.53. The summed E-state index contributed by atoms with van der Waals surface area (Å²) in [6, 6.07) is 7.61. The molecule has 0 saturated heterocycles. The number of aryl methyl sites for hydroxylation is 3. The minimum Gasteiger partial charge on any atom is -0.305 e. The zero-order chi connectivity index (χ0) is 12.4. The molecule has 17 heavy (non-hydrogen) atoms. The highest BCUT2D eigenvalue weighted by Crippen LogP contribution is 2.13. The van der Waals surface area contributed by atoms with Crippen LogP contribution in [0.4, 0.5) is 5.82 Å². The topological polar surface area (TPSA) is 57.8 Å². The fraction of sp³-hybridized carbons (Fsp3) is 0.231. The Morgan fingerprint density at radius 1 is 1.24 bits per heavy atom. The molecule has 0 aliphatic carbocycles. The van der Waals surface area contributed by atoms with Crippen LogP contribution in [0.1, 0.15) is 27.2 Å². The van der Waals surface area contributed by atoms with Crippen molar-refractivity contribution in [3.05, 3.63) is 46.6 Å². The van der Waals surface area contributed by atoms with Crippen molar-refractivity contribution in [1.82, 2.24) is 10.2 Å². The van der Waals surface area contributed by atoms with Crippen molar-refractivity contribution < 1.29 is 4.79 Å². The molecule has 0 atom stereocenters. The number of nitrogens with zero attached hydrogens (tertiary/aromatic N) is 1. The van der Waals surface area contributed by atoms with Gasteiger partial charge in [-0.25, -0.2) is 0 Å². The fourth-order valence-corrected chi connectivity index (χ4v) is 1.65. The van der Waals surface area contributed by atoms with Gasteiger partial charge >= 0.3 is 0 Å². The Hall–Kier alpha value is -2.10. The van der Waals surface area contributed by atoms with E-state index in [0.717, 1.165) is 16.8 Å². The Morgan fingerprint density at radius 2 is 2.00 bits per heavy atom. The first-order chi connectivity index (χ1) is 8.06. The van der Waals surface area contributed by atoms with Gasteiger partial charge < -0.3 is 5.32 Å². The van der Waals surface area contributed by atoms with Crippen molar-refractivity contribution in [3.8, 4) is 0 Å². The van der Waals surface area contributed by atoms with Crippen LogP contribution in [0.2, 0.25) is 0 Å². The maximum atomic E-state index is 12.0. The molecule has 0 aliphatic heterocycles. The largest absolute Gasteiger partial charge is 0.305 e. The lowest BCUT2D eigenvalue weighted by Crippen LogP contribution is -2.13. The van der Waals surface area contributed by atoms with Gasteiger partial charge in [0.25, 0.3) is 5.91 Å². The van der Waals surface area contributed by atoms with Crippen LogP contribution < -0.4 is 5.32 Å². The molecule has 0 aliphatic rings. The number of nitrogens with one attached hydrogen (secondary N) is 2.